The summed E-state index contributed by atoms with van der Waals surface area (Å²) in [4.78, 5) is 2.61. The summed E-state index contributed by atoms with van der Waals surface area (Å²) in [5.41, 5.74) is 7.19. The molecule has 2 nitrogen and oxygen atoms in total. The number of hydrogen-bond acceptors (Lipinski definition) is 2. The Bertz CT molecular complexity index is 1340. The molecule has 2 aliphatic rings. The van der Waals surface area contributed by atoms with Crippen LogP contribution in [-0.4, -0.2) is 18.7 Å². The van der Waals surface area contributed by atoms with Gasteiger partial charge in [-0.1, -0.05) is 94.6 Å². The zero-order valence-electron chi connectivity index (χ0n) is 28.4. The first kappa shape index (κ1) is 32.4. The van der Waals surface area contributed by atoms with Crippen LogP contribution < -0.4 is 9.64 Å². The first-order valence-corrected chi connectivity index (χ1v) is 17.5. The van der Waals surface area contributed by atoms with Crippen molar-refractivity contribution >= 4 is 5.69 Å². The van der Waals surface area contributed by atoms with Gasteiger partial charge in [0.1, 0.15) is 11.4 Å². The van der Waals surface area contributed by atoms with Gasteiger partial charge in [0.2, 0.25) is 0 Å². The van der Waals surface area contributed by atoms with Gasteiger partial charge in [-0.25, -0.2) is 0 Å². The topological polar surface area (TPSA) is 12.5 Å². The highest BCUT2D eigenvalue weighted by Gasteiger charge is 2.36. The molecule has 0 saturated carbocycles. The minimum atomic E-state index is -0.199. The van der Waals surface area contributed by atoms with E-state index in [1.807, 2.05) is 0 Å². The van der Waals surface area contributed by atoms with Gasteiger partial charge in [0, 0.05) is 24.7 Å². The van der Waals surface area contributed by atoms with Crippen LogP contribution in [0.4, 0.5) is 5.69 Å². The van der Waals surface area contributed by atoms with Crippen LogP contribution in [0, 0.1) is 17.3 Å². The zero-order valence-corrected chi connectivity index (χ0v) is 28.4. The van der Waals surface area contributed by atoms with Crippen LogP contribution in [0.15, 0.2) is 85.5 Å². The average Bonchev–Trinajstić information content (AvgIpc) is 3.04. The molecule has 0 amide bonds. The van der Waals surface area contributed by atoms with Crippen molar-refractivity contribution in [1.29, 1.82) is 0 Å². The van der Waals surface area contributed by atoms with Gasteiger partial charge in [0.25, 0.3) is 0 Å². The van der Waals surface area contributed by atoms with Gasteiger partial charge >= 0.3 is 0 Å². The molecule has 3 aromatic carbocycles. The van der Waals surface area contributed by atoms with E-state index in [9.17, 15) is 0 Å². The monoisotopic (exact) mass is 591 g/mol. The molecular formula is C42H57NO. The lowest BCUT2D eigenvalue weighted by Gasteiger charge is -2.44. The molecule has 1 saturated heterocycles. The second-order valence-electron chi connectivity index (χ2n) is 14.7. The number of allylic oxidation sites excluding steroid dienone is 1. The predicted molar refractivity (Wildman–Crippen MR) is 189 cm³/mol. The number of anilines is 1. The molecule has 3 unspecified atom stereocenters. The normalized spacial score (nSPS) is 20.7. The van der Waals surface area contributed by atoms with E-state index in [4.69, 9.17) is 4.74 Å². The van der Waals surface area contributed by atoms with Crippen molar-refractivity contribution in [2.24, 2.45) is 17.3 Å². The highest BCUT2D eigenvalue weighted by Crippen LogP contribution is 2.48. The van der Waals surface area contributed by atoms with Gasteiger partial charge < -0.3 is 9.64 Å². The van der Waals surface area contributed by atoms with Crippen molar-refractivity contribution < 1.29 is 4.74 Å². The number of ether oxygens (including phenoxy) is 1. The van der Waals surface area contributed by atoms with Crippen molar-refractivity contribution in [3.05, 3.63) is 108 Å². The van der Waals surface area contributed by atoms with E-state index in [1.165, 1.54) is 66.5 Å². The maximum absolute atomic E-state index is 6.26. The van der Waals surface area contributed by atoms with E-state index in [0.717, 1.165) is 43.5 Å². The average molecular weight is 592 g/mol. The molecule has 0 aromatic heterocycles. The van der Waals surface area contributed by atoms with Gasteiger partial charge in [-0.3, -0.25) is 0 Å². The van der Waals surface area contributed by atoms with Gasteiger partial charge in [-0.05, 0) is 123 Å². The van der Waals surface area contributed by atoms with Crippen LogP contribution in [0.1, 0.15) is 121 Å². The molecule has 2 heteroatoms. The number of hydrogen-bond donors (Lipinski definition) is 0. The Morgan fingerprint density at radius 2 is 1.52 bits per heavy atom. The van der Waals surface area contributed by atoms with Crippen LogP contribution >= 0.6 is 0 Å². The zero-order chi connectivity index (χ0) is 31.3. The summed E-state index contributed by atoms with van der Waals surface area (Å²) in [7, 11) is 0. The Morgan fingerprint density at radius 1 is 0.864 bits per heavy atom. The number of nitrogens with zero attached hydrogens (tertiary/aromatic N) is 1. The minimum absolute atomic E-state index is 0.199. The predicted octanol–water partition coefficient (Wildman–Crippen LogP) is 11.4. The van der Waals surface area contributed by atoms with Gasteiger partial charge in [-0.15, -0.1) is 6.58 Å². The number of benzene rings is 3. The molecule has 1 aliphatic carbocycles. The Morgan fingerprint density at radius 3 is 2.11 bits per heavy atom. The highest BCUT2D eigenvalue weighted by molar-refractivity contribution is 5.53. The molecule has 3 atom stereocenters. The van der Waals surface area contributed by atoms with E-state index in [2.05, 4.69) is 132 Å². The summed E-state index contributed by atoms with van der Waals surface area (Å²) in [6.45, 7) is 20.1. The standard InChI is InChI=1S/C42H57NO/c1-8-31(9-2)32(10-3)30-42(11-4)25-27-43(28-26-42)36-20-17-34(18-21-36)40-38(33-15-13-12-14-16-33)23-19-35-29-37(22-24-39(35)40)44-41(5,6)7/h11-18,20-22,24,29,31-32,38,40H,4,8-10,19,23,25-28,30H2,1-3,5-7H3. The summed E-state index contributed by atoms with van der Waals surface area (Å²) in [5.74, 6) is 3.43. The minimum Gasteiger partial charge on any atom is -0.488 e. The third-order valence-corrected chi connectivity index (χ3v) is 10.9. The summed E-state index contributed by atoms with van der Waals surface area (Å²) in [5, 5.41) is 0. The Hall–Kier alpha value is -3.00. The van der Waals surface area contributed by atoms with Gasteiger partial charge in [0.05, 0.1) is 0 Å². The SMILES string of the molecule is C=CC1(CC(CC)C(CC)CC)CCN(c2ccc(C3c4ccc(OC(C)(C)C)cc4CCC3c3ccccc3)cc2)CC1. The lowest BCUT2D eigenvalue weighted by Crippen LogP contribution is -2.40. The molecule has 0 radical (unpaired) electrons. The lowest BCUT2D eigenvalue weighted by molar-refractivity contribution is 0.130. The van der Waals surface area contributed by atoms with Gasteiger partial charge in [-0.2, -0.15) is 0 Å². The highest BCUT2D eigenvalue weighted by atomic mass is 16.5. The Kier molecular flexibility index (Phi) is 10.3. The van der Waals surface area contributed by atoms with Crippen molar-refractivity contribution in [1.82, 2.24) is 0 Å². The summed E-state index contributed by atoms with van der Waals surface area (Å²) in [6, 6.07) is 27.6. The molecular weight excluding hydrogens is 534 g/mol. The smallest absolute Gasteiger partial charge is 0.120 e. The second kappa shape index (κ2) is 14.0. The molecule has 44 heavy (non-hydrogen) atoms. The van der Waals surface area contributed by atoms with Crippen molar-refractivity contribution in [3.63, 3.8) is 0 Å². The molecule has 0 bridgehead atoms. The molecule has 1 fully saturated rings. The molecule has 1 heterocycles. The second-order valence-corrected chi connectivity index (χ2v) is 14.7. The van der Waals surface area contributed by atoms with E-state index in [0.29, 0.717) is 11.8 Å². The molecule has 0 spiro atoms. The van der Waals surface area contributed by atoms with Crippen LogP contribution in [0.2, 0.25) is 0 Å². The largest absolute Gasteiger partial charge is 0.488 e. The van der Waals surface area contributed by atoms with E-state index in [-0.39, 0.29) is 11.0 Å². The van der Waals surface area contributed by atoms with Crippen LogP contribution in [0.25, 0.3) is 0 Å². The van der Waals surface area contributed by atoms with Gasteiger partial charge in [0.15, 0.2) is 0 Å². The van der Waals surface area contributed by atoms with E-state index >= 15 is 0 Å². The number of piperidine rings is 1. The number of aryl methyl sites for hydroxylation is 1. The van der Waals surface area contributed by atoms with Crippen molar-refractivity contribution in [3.8, 4) is 5.75 Å². The molecule has 5 rings (SSSR count). The summed E-state index contributed by atoms with van der Waals surface area (Å²) >= 11 is 0. The fourth-order valence-electron chi connectivity index (χ4n) is 8.40. The fourth-order valence-corrected chi connectivity index (χ4v) is 8.40. The molecule has 1 aliphatic heterocycles. The van der Waals surface area contributed by atoms with Crippen molar-refractivity contribution in [2.45, 2.75) is 110 Å². The van der Waals surface area contributed by atoms with Crippen LogP contribution in [-0.2, 0) is 6.42 Å². The Labute approximate surface area is 268 Å². The maximum atomic E-state index is 6.26. The lowest BCUT2D eigenvalue weighted by atomic mass is 9.68. The van der Waals surface area contributed by atoms with Crippen molar-refractivity contribution in [2.75, 3.05) is 18.0 Å². The third kappa shape index (κ3) is 7.27. The Balaban J connectivity index is 1.36. The van der Waals surface area contributed by atoms with E-state index in [1.54, 1.807) is 0 Å². The number of fused-ring (bicyclic) bond motifs is 1. The quantitative estimate of drug-likeness (QED) is 0.206. The summed E-state index contributed by atoms with van der Waals surface area (Å²) in [6.07, 6.45) is 12.1. The fraction of sp³-hybridized carbons (Fsp3) is 0.524. The summed E-state index contributed by atoms with van der Waals surface area (Å²) < 4.78 is 6.26. The van der Waals surface area contributed by atoms with E-state index < -0.39 is 0 Å². The molecule has 0 N–H and O–H groups in total. The third-order valence-electron chi connectivity index (χ3n) is 10.9. The first-order valence-electron chi connectivity index (χ1n) is 17.5. The maximum Gasteiger partial charge on any atom is 0.120 e. The first-order chi connectivity index (χ1) is 21.2. The van der Waals surface area contributed by atoms with Crippen LogP contribution in [0.5, 0.6) is 5.75 Å². The molecule has 236 valence electrons. The van der Waals surface area contributed by atoms with Crippen LogP contribution in [0.3, 0.4) is 0 Å². The molecule has 3 aromatic rings. The number of rotatable bonds is 11.